The lowest BCUT2D eigenvalue weighted by molar-refractivity contribution is -0.138. The lowest BCUT2D eigenvalue weighted by atomic mass is 9.75. The van der Waals surface area contributed by atoms with E-state index in [2.05, 4.69) is 11.9 Å². The van der Waals surface area contributed by atoms with E-state index < -0.39 is 11.4 Å². The summed E-state index contributed by atoms with van der Waals surface area (Å²) in [7, 11) is 0. The van der Waals surface area contributed by atoms with Gasteiger partial charge in [0.1, 0.15) is 11.6 Å². The summed E-state index contributed by atoms with van der Waals surface area (Å²) in [6.45, 7) is 9.72. The number of carbonyl (C=O) groups is 2. The Bertz CT molecular complexity index is 804. The number of carboxylic acids is 1. The zero-order chi connectivity index (χ0) is 23.9. The number of aliphatic carboxylic acids is 1. The van der Waals surface area contributed by atoms with Gasteiger partial charge in [0.25, 0.3) is 0 Å². The number of thiazole rings is 1. The number of allylic oxidation sites excluding steroid dienone is 1. The molecule has 5 nitrogen and oxygen atoms in total. The standard InChI is InChI=1S/C25H38FNO4S/c1-16(13-17(2)24(30)25(4,5)12-11-23(28)29)7-6-8-21-22(31-21)10-9-19(26)14-20-15-32-18(3)27-20/h14-17,21-22H,6-13H2,1-5H3,(H,28,29)/b19-14-. The van der Waals surface area contributed by atoms with Gasteiger partial charge in [-0.2, -0.15) is 0 Å². The molecule has 0 aliphatic carbocycles. The number of epoxide rings is 1. The fourth-order valence-electron chi connectivity index (χ4n) is 4.35. The molecule has 4 atom stereocenters. The number of nitrogens with zero attached hydrogens (tertiary/aromatic N) is 1. The number of carboxylic acid groups (broad SMARTS) is 1. The van der Waals surface area contributed by atoms with Crippen LogP contribution in [0.1, 0.15) is 89.8 Å². The third kappa shape index (κ3) is 9.10. The Kier molecular flexibility index (Phi) is 10.0. The van der Waals surface area contributed by atoms with E-state index in [1.54, 1.807) is 0 Å². The molecule has 180 valence electrons. The van der Waals surface area contributed by atoms with Crippen LogP contribution in [-0.2, 0) is 14.3 Å². The number of carbonyl (C=O) groups excluding carboxylic acids is 1. The number of aryl methyl sites for hydroxylation is 1. The third-order valence-corrected chi connectivity index (χ3v) is 7.11. The first-order valence-corrected chi connectivity index (χ1v) is 12.6. The van der Waals surface area contributed by atoms with Crippen molar-refractivity contribution in [1.82, 2.24) is 4.98 Å². The lowest BCUT2D eigenvalue weighted by Gasteiger charge is -2.27. The van der Waals surface area contributed by atoms with Gasteiger partial charge in [-0.05, 0) is 44.6 Å². The van der Waals surface area contributed by atoms with Gasteiger partial charge in [-0.25, -0.2) is 9.37 Å². The zero-order valence-electron chi connectivity index (χ0n) is 20.0. The molecule has 32 heavy (non-hydrogen) atoms. The maximum absolute atomic E-state index is 14.0. The van der Waals surface area contributed by atoms with Crippen molar-refractivity contribution in [2.75, 3.05) is 0 Å². The highest BCUT2D eigenvalue weighted by molar-refractivity contribution is 7.09. The molecule has 2 heterocycles. The largest absolute Gasteiger partial charge is 0.481 e. The first-order chi connectivity index (χ1) is 15.0. The van der Waals surface area contributed by atoms with Gasteiger partial charge in [0.15, 0.2) is 0 Å². The molecule has 0 aromatic carbocycles. The van der Waals surface area contributed by atoms with E-state index in [1.807, 2.05) is 33.1 Å². The molecule has 0 bridgehead atoms. The summed E-state index contributed by atoms with van der Waals surface area (Å²) in [5, 5.41) is 11.7. The van der Waals surface area contributed by atoms with Crippen LogP contribution in [0.2, 0.25) is 0 Å². The van der Waals surface area contributed by atoms with E-state index in [-0.39, 0.29) is 36.2 Å². The van der Waals surface area contributed by atoms with E-state index in [0.29, 0.717) is 30.9 Å². The van der Waals surface area contributed by atoms with Crippen LogP contribution < -0.4 is 0 Å². The molecular weight excluding hydrogens is 429 g/mol. The van der Waals surface area contributed by atoms with E-state index in [9.17, 15) is 14.0 Å². The zero-order valence-corrected chi connectivity index (χ0v) is 20.8. The molecule has 0 spiro atoms. The SMILES string of the molecule is Cc1nc(/C=C(\F)CCC2OC2CCCC(C)CC(C)C(=O)C(C)(C)CCC(=O)O)cs1. The second-order valence-electron chi connectivity index (χ2n) is 9.95. The number of hydrogen-bond donors (Lipinski definition) is 1. The van der Waals surface area contributed by atoms with Gasteiger partial charge in [0.05, 0.1) is 22.9 Å². The number of ketones is 1. The average Bonchev–Trinajstić information content (AvgIpc) is 3.34. The molecule has 1 saturated heterocycles. The predicted molar refractivity (Wildman–Crippen MR) is 126 cm³/mol. The maximum Gasteiger partial charge on any atom is 0.303 e. The maximum atomic E-state index is 14.0. The second kappa shape index (κ2) is 12.0. The van der Waals surface area contributed by atoms with E-state index in [1.165, 1.54) is 17.4 Å². The van der Waals surface area contributed by atoms with Gasteiger partial charge in [0.2, 0.25) is 0 Å². The summed E-state index contributed by atoms with van der Waals surface area (Å²) in [5.41, 5.74) is 0.0829. The number of ether oxygens (including phenoxy) is 1. The van der Waals surface area contributed by atoms with Gasteiger partial charge in [0, 0.05) is 29.6 Å². The van der Waals surface area contributed by atoms with Crippen LogP contribution in [0.4, 0.5) is 4.39 Å². The van der Waals surface area contributed by atoms with Crippen LogP contribution in [0.5, 0.6) is 0 Å². The molecule has 1 fully saturated rings. The smallest absolute Gasteiger partial charge is 0.303 e. The molecule has 4 unspecified atom stereocenters. The number of rotatable bonds is 15. The number of Topliss-reactive ketones (excluding diaryl/α,β-unsaturated/α-hetero) is 1. The first-order valence-electron chi connectivity index (χ1n) is 11.7. The lowest BCUT2D eigenvalue weighted by Crippen LogP contribution is -2.31. The van der Waals surface area contributed by atoms with Crippen molar-refractivity contribution in [2.24, 2.45) is 17.3 Å². The summed E-state index contributed by atoms with van der Waals surface area (Å²) < 4.78 is 19.7. The Balaban J connectivity index is 1.61. The molecule has 0 saturated carbocycles. The molecular formula is C25H38FNO4S. The van der Waals surface area contributed by atoms with Crippen LogP contribution in [0.15, 0.2) is 11.2 Å². The Hall–Kier alpha value is -1.60. The Morgan fingerprint density at radius 2 is 1.97 bits per heavy atom. The fourth-order valence-corrected chi connectivity index (χ4v) is 4.92. The van der Waals surface area contributed by atoms with Crippen molar-refractivity contribution < 1.29 is 23.8 Å². The number of aromatic nitrogens is 1. The Morgan fingerprint density at radius 1 is 1.28 bits per heavy atom. The van der Waals surface area contributed by atoms with Crippen molar-refractivity contribution in [2.45, 2.75) is 98.2 Å². The minimum atomic E-state index is -0.860. The quantitative estimate of drug-likeness (QED) is 0.294. The molecule has 1 N–H and O–H groups in total. The summed E-state index contributed by atoms with van der Waals surface area (Å²) in [6, 6.07) is 0. The van der Waals surface area contributed by atoms with Crippen molar-refractivity contribution in [3.63, 3.8) is 0 Å². The van der Waals surface area contributed by atoms with E-state index >= 15 is 0 Å². The van der Waals surface area contributed by atoms with Gasteiger partial charge >= 0.3 is 5.97 Å². The molecule has 7 heteroatoms. The van der Waals surface area contributed by atoms with Crippen molar-refractivity contribution in [3.8, 4) is 0 Å². The van der Waals surface area contributed by atoms with Crippen LogP contribution in [-0.4, -0.2) is 34.1 Å². The minimum absolute atomic E-state index is 0.0216. The monoisotopic (exact) mass is 467 g/mol. The molecule has 1 aromatic rings. The van der Waals surface area contributed by atoms with Crippen LogP contribution >= 0.6 is 11.3 Å². The summed E-state index contributed by atoms with van der Waals surface area (Å²) in [6.07, 6.45) is 7.20. The molecule has 1 aliphatic rings. The highest BCUT2D eigenvalue weighted by atomic mass is 32.1. The highest BCUT2D eigenvalue weighted by Crippen LogP contribution is 2.34. The topological polar surface area (TPSA) is 79.8 Å². The Morgan fingerprint density at radius 3 is 2.59 bits per heavy atom. The second-order valence-corrected chi connectivity index (χ2v) is 11.0. The highest BCUT2D eigenvalue weighted by Gasteiger charge is 2.37. The molecule has 0 radical (unpaired) electrons. The fraction of sp³-hybridized carbons (Fsp3) is 0.720. The number of hydrogen-bond acceptors (Lipinski definition) is 5. The molecule has 1 aromatic heterocycles. The van der Waals surface area contributed by atoms with Gasteiger partial charge in [-0.15, -0.1) is 11.3 Å². The van der Waals surface area contributed by atoms with Gasteiger partial charge in [-0.3, -0.25) is 9.59 Å². The van der Waals surface area contributed by atoms with E-state index in [4.69, 9.17) is 9.84 Å². The third-order valence-electron chi connectivity index (χ3n) is 6.32. The molecule has 1 aliphatic heterocycles. The molecule has 2 rings (SSSR count). The summed E-state index contributed by atoms with van der Waals surface area (Å²) in [4.78, 5) is 27.8. The van der Waals surface area contributed by atoms with Gasteiger partial charge < -0.3 is 9.84 Å². The van der Waals surface area contributed by atoms with Crippen molar-refractivity contribution in [1.29, 1.82) is 0 Å². The van der Waals surface area contributed by atoms with Crippen LogP contribution in [0, 0.1) is 24.2 Å². The first kappa shape index (κ1) is 26.7. The van der Waals surface area contributed by atoms with Crippen LogP contribution in [0.3, 0.4) is 0 Å². The van der Waals surface area contributed by atoms with E-state index in [0.717, 1.165) is 30.7 Å². The number of halogens is 1. The summed E-state index contributed by atoms with van der Waals surface area (Å²) in [5.74, 6) is -0.513. The van der Waals surface area contributed by atoms with Crippen molar-refractivity contribution >= 4 is 29.2 Å². The van der Waals surface area contributed by atoms with Gasteiger partial charge in [-0.1, -0.05) is 40.5 Å². The van der Waals surface area contributed by atoms with Crippen molar-refractivity contribution in [3.05, 3.63) is 21.9 Å². The normalized spacial score (nSPS) is 20.8. The predicted octanol–water partition coefficient (Wildman–Crippen LogP) is 6.60. The summed E-state index contributed by atoms with van der Waals surface area (Å²) >= 11 is 1.52. The van der Waals surface area contributed by atoms with Crippen LogP contribution in [0.25, 0.3) is 6.08 Å². The Labute approximate surface area is 195 Å². The minimum Gasteiger partial charge on any atom is -0.481 e. The average molecular weight is 468 g/mol. The molecule has 0 amide bonds.